The Kier molecular flexibility index (Phi) is 8.17. The van der Waals surface area contributed by atoms with Crippen molar-refractivity contribution in [2.75, 3.05) is 26.7 Å². The molecule has 1 aliphatic carbocycles. The van der Waals surface area contributed by atoms with Gasteiger partial charge >= 0.3 is 0 Å². The SMILES string of the molecule is CCN(C=O)C1=C(C(=O)N(C)CCCO)N(Cc2ccc(Cl)cc2)C(OC2CCC2)N1. The van der Waals surface area contributed by atoms with Gasteiger partial charge in [-0.05, 0) is 50.3 Å². The highest BCUT2D eigenvalue weighted by molar-refractivity contribution is 6.30. The second-order valence-corrected chi connectivity index (χ2v) is 8.27. The minimum absolute atomic E-state index is 0.000890. The van der Waals surface area contributed by atoms with Gasteiger partial charge in [0.1, 0.15) is 11.5 Å². The molecule has 8 nitrogen and oxygen atoms in total. The fraction of sp³-hybridized carbons (Fsp3) is 0.545. The number of rotatable bonds is 11. The molecule has 2 amide bonds. The van der Waals surface area contributed by atoms with Gasteiger partial charge in [-0.3, -0.25) is 14.5 Å². The second kappa shape index (κ2) is 10.8. The van der Waals surface area contributed by atoms with E-state index in [-0.39, 0.29) is 18.6 Å². The molecule has 2 N–H and O–H groups in total. The van der Waals surface area contributed by atoms with Gasteiger partial charge in [-0.15, -0.1) is 0 Å². The number of carbonyl (C=O) groups is 2. The number of halogens is 1. The molecule has 1 aromatic rings. The molecule has 9 heteroatoms. The molecule has 0 spiro atoms. The summed E-state index contributed by atoms with van der Waals surface area (Å²) in [4.78, 5) is 30.1. The molecule has 0 aromatic heterocycles. The van der Waals surface area contributed by atoms with Crippen LogP contribution in [0.2, 0.25) is 5.02 Å². The topological polar surface area (TPSA) is 85.4 Å². The molecule has 0 saturated heterocycles. The van der Waals surface area contributed by atoms with Crippen LogP contribution in [0.5, 0.6) is 0 Å². The van der Waals surface area contributed by atoms with Gasteiger partial charge < -0.3 is 25.0 Å². The minimum atomic E-state index is -0.560. The number of nitrogens with one attached hydrogen (secondary N) is 1. The Morgan fingerprint density at radius 1 is 1.35 bits per heavy atom. The van der Waals surface area contributed by atoms with E-state index in [1.165, 1.54) is 4.90 Å². The van der Waals surface area contributed by atoms with Crippen LogP contribution in [0, 0.1) is 0 Å². The lowest BCUT2D eigenvalue weighted by atomic mass is 9.96. The molecule has 1 atom stereocenters. The van der Waals surface area contributed by atoms with Gasteiger partial charge in [-0.25, -0.2) is 0 Å². The van der Waals surface area contributed by atoms with Gasteiger partial charge in [0.25, 0.3) is 5.91 Å². The predicted molar refractivity (Wildman–Crippen MR) is 117 cm³/mol. The van der Waals surface area contributed by atoms with E-state index in [2.05, 4.69) is 5.32 Å². The zero-order chi connectivity index (χ0) is 22.4. The fourth-order valence-corrected chi connectivity index (χ4v) is 3.71. The Bertz CT molecular complexity index is 797. The van der Waals surface area contributed by atoms with Crippen LogP contribution in [0.4, 0.5) is 0 Å². The monoisotopic (exact) mass is 450 g/mol. The third-order valence-electron chi connectivity index (χ3n) is 5.65. The standard InChI is InChI=1S/C22H31ClN4O4/c1-3-26(15-29)20-19(21(30)25(2)12-5-13-28)27(14-16-8-10-17(23)11-9-16)22(24-20)31-18-6-4-7-18/h8-11,15,18,22,24,28H,3-7,12-14H2,1-2H3. The van der Waals surface area contributed by atoms with Crippen LogP contribution in [-0.4, -0.2) is 71.3 Å². The second-order valence-electron chi connectivity index (χ2n) is 7.83. The smallest absolute Gasteiger partial charge is 0.273 e. The first-order valence-electron chi connectivity index (χ1n) is 10.7. The fourth-order valence-electron chi connectivity index (χ4n) is 3.58. The third kappa shape index (κ3) is 5.50. The maximum Gasteiger partial charge on any atom is 0.273 e. The van der Waals surface area contributed by atoms with Crippen molar-refractivity contribution in [2.24, 2.45) is 0 Å². The summed E-state index contributed by atoms with van der Waals surface area (Å²) in [5, 5.41) is 13.1. The van der Waals surface area contributed by atoms with E-state index in [1.54, 1.807) is 11.9 Å². The lowest BCUT2D eigenvalue weighted by Crippen LogP contribution is -2.45. The Balaban J connectivity index is 1.96. The lowest BCUT2D eigenvalue weighted by molar-refractivity contribution is -0.137. The normalized spacial score (nSPS) is 18.6. The maximum absolute atomic E-state index is 13.5. The van der Waals surface area contributed by atoms with Gasteiger partial charge in [0, 0.05) is 38.3 Å². The number of ether oxygens (including phenoxy) is 1. The van der Waals surface area contributed by atoms with Crippen molar-refractivity contribution in [3.63, 3.8) is 0 Å². The number of benzene rings is 1. The quantitative estimate of drug-likeness (QED) is 0.502. The molecular formula is C22H31ClN4O4. The summed E-state index contributed by atoms with van der Waals surface area (Å²) >= 11 is 6.04. The number of likely N-dealkylation sites (N-methyl/N-ethyl adjacent to an activating group) is 1. The molecule has 3 rings (SSSR count). The van der Waals surface area contributed by atoms with Crippen molar-refractivity contribution >= 4 is 23.9 Å². The first-order valence-corrected chi connectivity index (χ1v) is 11.1. The molecule has 170 valence electrons. The molecule has 1 aromatic carbocycles. The molecule has 1 saturated carbocycles. The van der Waals surface area contributed by atoms with E-state index in [1.807, 2.05) is 36.1 Å². The number of nitrogens with zero attached hydrogens (tertiary/aromatic N) is 3. The van der Waals surface area contributed by atoms with Crippen molar-refractivity contribution in [3.8, 4) is 0 Å². The zero-order valence-electron chi connectivity index (χ0n) is 18.1. The predicted octanol–water partition coefficient (Wildman–Crippen LogP) is 2.09. The van der Waals surface area contributed by atoms with Crippen molar-refractivity contribution in [1.29, 1.82) is 0 Å². The number of hydrogen-bond donors (Lipinski definition) is 2. The molecule has 1 fully saturated rings. The van der Waals surface area contributed by atoms with Crippen LogP contribution in [-0.2, 0) is 20.9 Å². The molecule has 2 aliphatic rings. The number of hydrogen-bond acceptors (Lipinski definition) is 6. The van der Waals surface area contributed by atoms with Gasteiger partial charge in [0.2, 0.25) is 12.8 Å². The summed E-state index contributed by atoms with van der Waals surface area (Å²) in [6.07, 6.45) is 3.84. The van der Waals surface area contributed by atoms with Gasteiger partial charge in [0.05, 0.1) is 6.10 Å². The Hall–Kier alpha value is -2.29. The van der Waals surface area contributed by atoms with E-state index < -0.39 is 6.35 Å². The Labute approximate surface area is 188 Å². The largest absolute Gasteiger partial charge is 0.396 e. The average molecular weight is 451 g/mol. The van der Waals surface area contributed by atoms with Crippen LogP contribution in [0.15, 0.2) is 35.8 Å². The number of amides is 2. The van der Waals surface area contributed by atoms with Gasteiger partial charge in [-0.1, -0.05) is 23.7 Å². The molecule has 1 aliphatic heterocycles. The van der Waals surface area contributed by atoms with Crippen LogP contribution in [0.1, 0.15) is 38.2 Å². The van der Waals surface area contributed by atoms with Gasteiger partial charge in [0.15, 0.2) is 0 Å². The van der Waals surface area contributed by atoms with Crippen molar-refractivity contribution in [3.05, 3.63) is 46.4 Å². The van der Waals surface area contributed by atoms with E-state index in [0.29, 0.717) is 42.6 Å². The molecule has 31 heavy (non-hydrogen) atoms. The van der Waals surface area contributed by atoms with E-state index in [0.717, 1.165) is 31.2 Å². The van der Waals surface area contributed by atoms with Crippen LogP contribution >= 0.6 is 11.6 Å². The van der Waals surface area contributed by atoms with Gasteiger partial charge in [-0.2, -0.15) is 0 Å². The van der Waals surface area contributed by atoms with Crippen LogP contribution < -0.4 is 5.32 Å². The highest BCUT2D eigenvalue weighted by Crippen LogP contribution is 2.31. The molecule has 1 unspecified atom stereocenters. The third-order valence-corrected chi connectivity index (χ3v) is 5.90. The number of aliphatic hydroxyl groups excluding tert-OH is 1. The van der Waals surface area contributed by atoms with Crippen LogP contribution in [0.3, 0.4) is 0 Å². The molecule has 1 heterocycles. The van der Waals surface area contributed by atoms with Crippen molar-refractivity contribution in [2.45, 2.75) is 51.6 Å². The van der Waals surface area contributed by atoms with Crippen LogP contribution in [0.25, 0.3) is 0 Å². The van der Waals surface area contributed by atoms with Crippen molar-refractivity contribution < 1.29 is 19.4 Å². The average Bonchev–Trinajstić information content (AvgIpc) is 3.08. The minimum Gasteiger partial charge on any atom is -0.396 e. The first-order chi connectivity index (χ1) is 15.0. The first kappa shape index (κ1) is 23.4. The Morgan fingerprint density at radius 3 is 2.61 bits per heavy atom. The molecule has 0 radical (unpaired) electrons. The maximum atomic E-state index is 13.5. The summed E-state index contributed by atoms with van der Waals surface area (Å²) in [6.45, 7) is 3.08. The van der Waals surface area contributed by atoms with Crippen molar-refractivity contribution in [1.82, 2.24) is 20.0 Å². The summed E-state index contributed by atoms with van der Waals surface area (Å²) in [5.41, 5.74) is 1.35. The lowest BCUT2D eigenvalue weighted by Gasteiger charge is -2.35. The Morgan fingerprint density at radius 2 is 2.06 bits per heavy atom. The highest BCUT2D eigenvalue weighted by atomic mass is 35.5. The number of carbonyl (C=O) groups excluding carboxylic acids is 2. The summed E-state index contributed by atoms with van der Waals surface area (Å²) in [5.74, 6) is 0.210. The molecular weight excluding hydrogens is 420 g/mol. The number of aliphatic hydroxyl groups is 1. The highest BCUT2D eigenvalue weighted by Gasteiger charge is 2.40. The van der Waals surface area contributed by atoms with E-state index in [4.69, 9.17) is 21.4 Å². The van der Waals surface area contributed by atoms with E-state index in [9.17, 15) is 9.59 Å². The zero-order valence-corrected chi connectivity index (χ0v) is 18.8. The summed E-state index contributed by atoms with van der Waals surface area (Å²) in [7, 11) is 1.69. The van der Waals surface area contributed by atoms with E-state index >= 15 is 0 Å². The summed E-state index contributed by atoms with van der Waals surface area (Å²) < 4.78 is 6.26. The summed E-state index contributed by atoms with van der Waals surface area (Å²) in [6, 6.07) is 7.45. The molecule has 0 bridgehead atoms.